The summed E-state index contributed by atoms with van der Waals surface area (Å²) in [5, 5.41) is 9.34. The van der Waals surface area contributed by atoms with Gasteiger partial charge < -0.3 is 5.11 Å². The molecule has 0 radical (unpaired) electrons. The van der Waals surface area contributed by atoms with E-state index < -0.39 is 11.4 Å². The first-order chi connectivity index (χ1) is 4.63. The van der Waals surface area contributed by atoms with Crippen molar-refractivity contribution in [3.8, 4) is 0 Å². The van der Waals surface area contributed by atoms with E-state index >= 15 is 0 Å². The lowest BCUT2D eigenvalue weighted by molar-refractivity contribution is -0.147. The molecule has 0 spiro atoms. The number of carboxylic acids is 1. The fourth-order valence-electron chi connectivity index (χ4n) is 0.799. The summed E-state index contributed by atoms with van der Waals surface area (Å²) in [5.74, 6) is -0.700. The highest BCUT2D eigenvalue weighted by Crippen LogP contribution is 2.28. The van der Waals surface area contributed by atoms with Crippen LogP contribution in [0.15, 0.2) is 0 Å². The zero-order valence-electron chi connectivity index (χ0n) is 6.35. The molecule has 0 atom stereocenters. The molecule has 0 aliphatic carbocycles. The Balaban J connectivity index is 4.31. The van der Waals surface area contributed by atoms with Gasteiger partial charge in [-0.3, -0.25) is 4.79 Å². The number of alkyl halides is 1. The molecule has 0 unspecified atom stereocenters. The molecule has 0 heterocycles. The molecule has 0 aliphatic heterocycles. The minimum Gasteiger partial charge on any atom is -0.481 e. The summed E-state index contributed by atoms with van der Waals surface area (Å²) in [6.07, 6.45) is 1.37. The Labute approximate surface area is 69.8 Å². The molecule has 0 aromatic carbocycles. The lowest BCUT2D eigenvalue weighted by atomic mass is 9.85. The van der Waals surface area contributed by atoms with Gasteiger partial charge in [0.2, 0.25) is 0 Å². The van der Waals surface area contributed by atoms with Crippen LogP contribution in [0.4, 0.5) is 0 Å². The highest BCUT2D eigenvalue weighted by atomic mass is 79.9. The second-order valence-electron chi connectivity index (χ2n) is 2.43. The standard InChI is InChI=1S/C7H13BrO2/c1-3-7(4-2,5-8)6(9)10/h3-5H2,1-2H3,(H,9,10). The molecule has 0 fully saturated rings. The molecule has 0 aliphatic rings. The van der Waals surface area contributed by atoms with Crippen molar-refractivity contribution < 1.29 is 9.90 Å². The SMILES string of the molecule is CCC(CC)(CBr)C(=O)O. The molecule has 10 heavy (non-hydrogen) atoms. The summed E-state index contributed by atoms with van der Waals surface area (Å²) in [4.78, 5) is 10.7. The van der Waals surface area contributed by atoms with E-state index in [1.54, 1.807) is 0 Å². The van der Waals surface area contributed by atoms with Gasteiger partial charge in [0.1, 0.15) is 0 Å². The predicted molar refractivity (Wildman–Crippen MR) is 44.4 cm³/mol. The van der Waals surface area contributed by atoms with Gasteiger partial charge in [0.25, 0.3) is 0 Å². The third-order valence-electron chi connectivity index (χ3n) is 2.06. The third-order valence-corrected chi connectivity index (χ3v) is 3.14. The summed E-state index contributed by atoms with van der Waals surface area (Å²) >= 11 is 3.21. The van der Waals surface area contributed by atoms with Crippen molar-refractivity contribution in [3.05, 3.63) is 0 Å². The number of carboxylic acid groups (broad SMARTS) is 1. The molecule has 0 aromatic rings. The number of hydrogen-bond acceptors (Lipinski definition) is 1. The summed E-state index contributed by atoms with van der Waals surface area (Å²) in [6, 6.07) is 0. The molecular formula is C7H13BrO2. The van der Waals surface area contributed by atoms with Crippen LogP contribution in [0.1, 0.15) is 26.7 Å². The summed E-state index contributed by atoms with van der Waals surface area (Å²) < 4.78 is 0. The van der Waals surface area contributed by atoms with Crippen molar-refractivity contribution in [1.29, 1.82) is 0 Å². The Morgan fingerprint density at radius 1 is 1.50 bits per heavy atom. The molecule has 3 heteroatoms. The Bertz CT molecular complexity index is 111. The molecule has 0 saturated carbocycles. The zero-order valence-corrected chi connectivity index (χ0v) is 7.94. The van der Waals surface area contributed by atoms with Gasteiger partial charge in [-0.1, -0.05) is 29.8 Å². The van der Waals surface area contributed by atoms with Gasteiger partial charge in [0.15, 0.2) is 0 Å². The van der Waals surface area contributed by atoms with Gasteiger partial charge in [-0.05, 0) is 12.8 Å². The van der Waals surface area contributed by atoms with Crippen molar-refractivity contribution in [1.82, 2.24) is 0 Å². The Hall–Kier alpha value is -0.0500. The lowest BCUT2D eigenvalue weighted by Crippen LogP contribution is -2.31. The first-order valence-electron chi connectivity index (χ1n) is 3.42. The second kappa shape index (κ2) is 3.96. The maximum Gasteiger partial charge on any atom is 0.310 e. The lowest BCUT2D eigenvalue weighted by Gasteiger charge is -2.23. The molecular weight excluding hydrogens is 196 g/mol. The van der Waals surface area contributed by atoms with Crippen LogP contribution >= 0.6 is 15.9 Å². The van der Waals surface area contributed by atoms with Gasteiger partial charge in [0.05, 0.1) is 5.41 Å². The first kappa shape index (κ1) is 9.95. The molecule has 1 N–H and O–H groups in total. The fraction of sp³-hybridized carbons (Fsp3) is 0.857. The van der Waals surface area contributed by atoms with Crippen molar-refractivity contribution >= 4 is 21.9 Å². The monoisotopic (exact) mass is 208 g/mol. The van der Waals surface area contributed by atoms with Gasteiger partial charge in [-0.25, -0.2) is 0 Å². The van der Waals surface area contributed by atoms with Gasteiger partial charge in [-0.15, -0.1) is 0 Å². The Morgan fingerprint density at radius 3 is 1.90 bits per heavy atom. The Kier molecular flexibility index (Phi) is 3.94. The Morgan fingerprint density at radius 2 is 1.90 bits per heavy atom. The van der Waals surface area contributed by atoms with E-state index in [1.807, 2.05) is 13.8 Å². The molecule has 0 aromatic heterocycles. The summed E-state index contributed by atoms with van der Waals surface area (Å²) in [6.45, 7) is 3.80. The number of hydrogen-bond donors (Lipinski definition) is 1. The molecule has 0 saturated heterocycles. The van der Waals surface area contributed by atoms with Crippen molar-refractivity contribution in [3.63, 3.8) is 0 Å². The molecule has 0 rings (SSSR count). The maximum absolute atomic E-state index is 10.7. The number of aliphatic carboxylic acids is 1. The smallest absolute Gasteiger partial charge is 0.310 e. The highest BCUT2D eigenvalue weighted by Gasteiger charge is 2.33. The summed E-state index contributed by atoms with van der Waals surface area (Å²) in [5.41, 5.74) is -0.542. The highest BCUT2D eigenvalue weighted by molar-refractivity contribution is 9.09. The van der Waals surface area contributed by atoms with Crippen LogP contribution in [0.5, 0.6) is 0 Å². The fourth-order valence-corrected chi connectivity index (χ4v) is 1.83. The van der Waals surface area contributed by atoms with Crippen LogP contribution in [0.25, 0.3) is 0 Å². The number of carbonyl (C=O) groups is 1. The minimum atomic E-state index is -0.700. The largest absolute Gasteiger partial charge is 0.481 e. The van der Waals surface area contributed by atoms with E-state index in [0.717, 1.165) is 0 Å². The van der Waals surface area contributed by atoms with Crippen LogP contribution in [-0.4, -0.2) is 16.4 Å². The zero-order chi connectivity index (χ0) is 8.20. The van der Waals surface area contributed by atoms with Crippen LogP contribution < -0.4 is 0 Å². The van der Waals surface area contributed by atoms with Crippen molar-refractivity contribution in [2.45, 2.75) is 26.7 Å². The van der Waals surface area contributed by atoms with Crippen LogP contribution in [0, 0.1) is 5.41 Å². The summed E-state index contributed by atoms with van der Waals surface area (Å²) in [7, 11) is 0. The number of halogens is 1. The quantitative estimate of drug-likeness (QED) is 0.721. The number of rotatable bonds is 4. The molecule has 2 nitrogen and oxygen atoms in total. The van der Waals surface area contributed by atoms with Crippen LogP contribution in [0.3, 0.4) is 0 Å². The van der Waals surface area contributed by atoms with Crippen LogP contribution in [-0.2, 0) is 4.79 Å². The maximum atomic E-state index is 10.7. The normalized spacial score (nSPS) is 11.5. The minimum absolute atomic E-state index is 0.542. The first-order valence-corrected chi connectivity index (χ1v) is 4.54. The average molecular weight is 209 g/mol. The van der Waals surface area contributed by atoms with Gasteiger partial charge >= 0.3 is 5.97 Å². The average Bonchev–Trinajstić information content (AvgIpc) is 1.92. The predicted octanol–water partition coefficient (Wildman–Crippen LogP) is 2.27. The third kappa shape index (κ3) is 1.72. The van der Waals surface area contributed by atoms with E-state index in [2.05, 4.69) is 15.9 Å². The van der Waals surface area contributed by atoms with Gasteiger partial charge in [-0.2, -0.15) is 0 Å². The van der Waals surface area contributed by atoms with E-state index in [1.165, 1.54) is 0 Å². The molecule has 0 amide bonds. The molecule has 60 valence electrons. The van der Waals surface area contributed by atoms with E-state index in [4.69, 9.17) is 5.11 Å². The second-order valence-corrected chi connectivity index (χ2v) is 2.99. The molecule has 0 bridgehead atoms. The van der Waals surface area contributed by atoms with Crippen molar-refractivity contribution in [2.75, 3.05) is 5.33 Å². The topological polar surface area (TPSA) is 37.3 Å². The van der Waals surface area contributed by atoms with E-state index in [9.17, 15) is 4.79 Å². The van der Waals surface area contributed by atoms with Crippen LogP contribution in [0.2, 0.25) is 0 Å². The van der Waals surface area contributed by atoms with E-state index in [-0.39, 0.29) is 0 Å². The van der Waals surface area contributed by atoms with Gasteiger partial charge in [0, 0.05) is 5.33 Å². The van der Waals surface area contributed by atoms with E-state index in [0.29, 0.717) is 18.2 Å². The van der Waals surface area contributed by atoms with Crippen molar-refractivity contribution in [2.24, 2.45) is 5.41 Å².